The lowest BCUT2D eigenvalue weighted by molar-refractivity contribution is -0.137. The molecule has 0 aliphatic heterocycles. The normalized spacial score (nSPS) is 11.9. The SMILES string of the molecule is COc1nc(Nc2cccc([SH](=N)=O)c2)ncc1-c1ccc(NC(=O)Nc2cc(C(F)(F)F)ccc2F)c(F)c1. The number of ether oxygens (including phenoxy) is 1. The standard InChI is InChI=1S/C25H19F5N6O3S/c1-39-22-17(12-32-23(36-22)33-15-3-2-4-16(11-15)40(31)38)13-5-8-20(19(27)9-13)34-24(37)35-21-10-14(25(28,29)30)6-7-18(21)26/h2-12,31,40H,1H3,(H,32,33,36)(H2,34,35,37). The lowest BCUT2D eigenvalue weighted by Crippen LogP contribution is -2.21. The molecule has 1 unspecified atom stereocenters. The summed E-state index contributed by atoms with van der Waals surface area (Å²) in [6.45, 7) is 0. The van der Waals surface area contributed by atoms with Crippen molar-refractivity contribution in [2.45, 2.75) is 11.1 Å². The molecule has 1 atom stereocenters. The molecule has 0 bridgehead atoms. The van der Waals surface area contributed by atoms with Gasteiger partial charge in [-0.2, -0.15) is 18.2 Å². The van der Waals surface area contributed by atoms with Crippen molar-refractivity contribution in [2.24, 2.45) is 0 Å². The summed E-state index contributed by atoms with van der Waals surface area (Å²) < 4.78 is 91.5. The van der Waals surface area contributed by atoms with Crippen LogP contribution in [0.1, 0.15) is 5.56 Å². The Morgan fingerprint density at radius 2 is 1.73 bits per heavy atom. The van der Waals surface area contributed by atoms with Gasteiger partial charge in [0.15, 0.2) is 0 Å². The first-order valence-corrected chi connectivity index (χ1v) is 12.4. The van der Waals surface area contributed by atoms with Crippen LogP contribution in [0, 0.1) is 16.4 Å². The number of aromatic nitrogens is 2. The Morgan fingerprint density at radius 3 is 2.40 bits per heavy atom. The van der Waals surface area contributed by atoms with Gasteiger partial charge in [-0.05, 0) is 54.1 Å². The molecule has 2 amide bonds. The second-order valence-electron chi connectivity index (χ2n) is 8.05. The molecule has 1 aromatic heterocycles. The smallest absolute Gasteiger partial charge is 0.416 e. The zero-order valence-corrected chi connectivity index (χ0v) is 21.2. The van der Waals surface area contributed by atoms with Gasteiger partial charge < -0.3 is 20.7 Å². The number of anilines is 4. The molecule has 4 N–H and O–H groups in total. The largest absolute Gasteiger partial charge is 0.480 e. The molecule has 0 radical (unpaired) electrons. The number of carbonyl (C=O) groups is 1. The number of methoxy groups -OCH3 is 1. The molecule has 0 fully saturated rings. The van der Waals surface area contributed by atoms with Crippen molar-refractivity contribution in [3.05, 3.63) is 84.1 Å². The minimum atomic E-state index is -4.75. The van der Waals surface area contributed by atoms with E-state index >= 15 is 0 Å². The Bertz CT molecular complexity index is 1650. The third-order valence-electron chi connectivity index (χ3n) is 5.35. The number of hydrogen-bond acceptors (Lipinski definition) is 7. The van der Waals surface area contributed by atoms with Crippen LogP contribution in [-0.2, 0) is 16.8 Å². The van der Waals surface area contributed by atoms with Crippen molar-refractivity contribution in [1.82, 2.24) is 9.97 Å². The van der Waals surface area contributed by atoms with E-state index < -0.39 is 45.7 Å². The fourth-order valence-corrected chi connectivity index (χ4v) is 3.95. The van der Waals surface area contributed by atoms with Crippen LogP contribution in [0.4, 0.5) is 49.8 Å². The van der Waals surface area contributed by atoms with Crippen LogP contribution in [0.25, 0.3) is 11.1 Å². The summed E-state index contributed by atoms with van der Waals surface area (Å²) >= 11 is 0. The Kier molecular flexibility index (Phi) is 8.13. The van der Waals surface area contributed by atoms with E-state index in [4.69, 9.17) is 9.52 Å². The monoisotopic (exact) mass is 578 g/mol. The summed E-state index contributed by atoms with van der Waals surface area (Å²) in [5.74, 6) is -1.85. The van der Waals surface area contributed by atoms with Gasteiger partial charge in [0.2, 0.25) is 11.8 Å². The Hall–Kier alpha value is -4.79. The van der Waals surface area contributed by atoms with Gasteiger partial charge in [0.25, 0.3) is 0 Å². The van der Waals surface area contributed by atoms with Gasteiger partial charge in [-0.25, -0.2) is 22.8 Å². The van der Waals surface area contributed by atoms with E-state index in [1.54, 1.807) is 18.2 Å². The Balaban J connectivity index is 1.51. The molecule has 0 spiro atoms. The highest BCUT2D eigenvalue weighted by atomic mass is 32.2. The molecule has 0 saturated carbocycles. The fraction of sp³-hybridized carbons (Fsp3) is 0.0800. The molecule has 3 aromatic carbocycles. The molecule has 0 saturated heterocycles. The van der Waals surface area contributed by atoms with Crippen molar-refractivity contribution in [2.75, 3.05) is 23.1 Å². The zero-order chi connectivity index (χ0) is 29.0. The maximum absolute atomic E-state index is 14.8. The first kappa shape index (κ1) is 28.2. The van der Waals surface area contributed by atoms with Gasteiger partial charge >= 0.3 is 12.2 Å². The second kappa shape index (κ2) is 11.5. The summed E-state index contributed by atoms with van der Waals surface area (Å²) in [6.07, 6.45) is -3.40. The van der Waals surface area contributed by atoms with E-state index in [9.17, 15) is 31.0 Å². The number of nitrogens with one attached hydrogen (secondary N) is 4. The molecule has 4 aromatic rings. The van der Waals surface area contributed by atoms with Crippen LogP contribution in [0.2, 0.25) is 0 Å². The third-order valence-corrected chi connectivity index (χ3v) is 6.10. The summed E-state index contributed by atoms with van der Waals surface area (Å²) in [4.78, 5) is 21.0. The molecule has 0 aliphatic carbocycles. The Labute approximate surface area is 225 Å². The molecule has 208 valence electrons. The lowest BCUT2D eigenvalue weighted by Gasteiger charge is -2.13. The molecule has 1 heterocycles. The van der Waals surface area contributed by atoms with Crippen molar-refractivity contribution < 1.29 is 35.7 Å². The predicted octanol–water partition coefficient (Wildman–Crippen LogP) is 6.44. The highest BCUT2D eigenvalue weighted by Gasteiger charge is 2.31. The fourth-order valence-electron chi connectivity index (χ4n) is 3.48. The number of halogens is 5. The molecular formula is C25H19F5N6O3S. The van der Waals surface area contributed by atoms with E-state index in [1.165, 1.54) is 31.5 Å². The summed E-state index contributed by atoms with van der Waals surface area (Å²) in [6, 6.07) is 10.3. The van der Waals surface area contributed by atoms with Crippen molar-refractivity contribution in [3.63, 3.8) is 0 Å². The minimum absolute atomic E-state index is 0.0677. The number of thiol groups is 1. The van der Waals surface area contributed by atoms with E-state index in [0.29, 0.717) is 28.8 Å². The number of hydrogen-bond donors (Lipinski definition) is 5. The van der Waals surface area contributed by atoms with E-state index in [-0.39, 0.29) is 28.6 Å². The van der Waals surface area contributed by atoms with Crippen LogP contribution < -0.4 is 20.7 Å². The number of carbonyl (C=O) groups excluding carboxylic acids is 1. The van der Waals surface area contributed by atoms with E-state index in [2.05, 4.69) is 20.6 Å². The van der Waals surface area contributed by atoms with Gasteiger partial charge in [-0.15, -0.1) is 0 Å². The van der Waals surface area contributed by atoms with Crippen molar-refractivity contribution >= 4 is 39.6 Å². The number of nitrogens with zero attached hydrogens (tertiary/aromatic N) is 2. The third kappa shape index (κ3) is 6.61. The lowest BCUT2D eigenvalue weighted by atomic mass is 10.1. The van der Waals surface area contributed by atoms with E-state index in [1.807, 2.05) is 5.32 Å². The first-order chi connectivity index (χ1) is 18.9. The van der Waals surface area contributed by atoms with Gasteiger partial charge in [0, 0.05) is 16.8 Å². The van der Waals surface area contributed by atoms with E-state index in [0.717, 1.165) is 6.07 Å². The second-order valence-corrected chi connectivity index (χ2v) is 9.16. The quantitative estimate of drug-likeness (QED) is 0.127. The van der Waals surface area contributed by atoms with Gasteiger partial charge in [-0.3, -0.25) is 4.78 Å². The Morgan fingerprint density at radius 1 is 0.975 bits per heavy atom. The zero-order valence-electron chi connectivity index (χ0n) is 20.3. The summed E-state index contributed by atoms with van der Waals surface area (Å²) in [5.41, 5.74) is -1.21. The van der Waals surface area contributed by atoms with Crippen molar-refractivity contribution in [1.29, 1.82) is 4.78 Å². The summed E-state index contributed by atoms with van der Waals surface area (Å²) in [7, 11) is -0.954. The maximum Gasteiger partial charge on any atom is 0.416 e. The predicted molar refractivity (Wildman–Crippen MR) is 138 cm³/mol. The number of rotatable bonds is 7. The van der Waals surface area contributed by atoms with Gasteiger partial charge in [0.1, 0.15) is 11.6 Å². The number of benzene rings is 3. The minimum Gasteiger partial charge on any atom is -0.480 e. The molecule has 0 aliphatic rings. The highest BCUT2D eigenvalue weighted by Crippen LogP contribution is 2.33. The van der Waals surface area contributed by atoms with Crippen LogP contribution in [0.5, 0.6) is 5.88 Å². The van der Waals surface area contributed by atoms with Crippen molar-refractivity contribution in [3.8, 4) is 17.0 Å². The van der Waals surface area contributed by atoms with Crippen LogP contribution >= 0.6 is 0 Å². The van der Waals surface area contributed by atoms with Gasteiger partial charge in [0.05, 0.1) is 40.2 Å². The summed E-state index contributed by atoms with van der Waals surface area (Å²) in [5, 5.41) is 6.95. The number of amides is 2. The number of alkyl halides is 3. The molecular weight excluding hydrogens is 559 g/mol. The molecule has 4 rings (SSSR count). The molecule has 9 nitrogen and oxygen atoms in total. The maximum atomic E-state index is 14.8. The average molecular weight is 579 g/mol. The topological polar surface area (TPSA) is 129 Å². The molecule has 40 heavy (non-hydrogen) atoms. The van der Waals surface area contributed by atoms with Crippen LogP contribution in [0.15, 0.2) is 71.8 Å². The first-order valence-electron chi connectivity index (χ1n) is 11.2. The average Bonchev–Trinajstić information content (AvgIpc) is 2.90. The highest BCUT2D eigenvalue weighted by molar-refractivity contribution is 7.73. The van der Waals surface area contributed by atoms with Crippen LogP contribution in [-0.4, -0.2) is 27.3 Å². The molecule has 15 heteroatoms. The van der Waals surface area contributed by atoms with Crippen LogP contribution in [0.3, 0.4) is 0 Å². The number of urea groups is 1. The van der Waals surface area contributed by atoms with Gasteiger partial charge in [-0.1, -0.05) is 12.1 Å².